The van der Waals surface area contributed by atoms with E-state index in [0.717, 1.165) is 18.7 Å². The van der Waals surface area contributed by atoms with Crippen LogP contribution in [0, 0.1) is 0 Å². The van der Waals surface area contributed by atoms with Crippen LogP contribution in [0.3, 0.4) is 0 Å². The fraction of sp³-hybridized carbons (Fsp3) is 0.286. The molecule has 0 amide bonds. The fourth-order valence-corrected chi connectivity index (χ4v) is 2.44. The lowest BCUT2D eigenvalue weighted by atomic mass is 9.83. The van der Waals surface area contributed by atoms with Gasteiger partial charge in [0.15, 0.2) is 0 Å². The van der Waals surface area contributed by atoms with Crippen LogP contribution in [0.1, 0.15) is 29.3 Å². The van der Waals surface area contributed by atoms with Gasteiger partial charge in [-0.25, -0.2) is 9.97 Å². The Hall–Kier alpha value is -1.70. The van der Waals surface area contributed by atoms with Crippen molar-refractivity contribution in [3.05, 3.63) is 59.7 Å². The zero-order valence-corrected chi connectivity index (χ0v) is 9.13. The lowest BCUT2D eigenvalue weighted by molar-refractivity contribution is 0.555. The monoisotopic (exact) mass is 210 g/mol. The highest BCUT2D eigenvalue weighted by atomic mass is 14.9. The average molecular weight is 210 g/mol. The van der Waals surface area contributed by atoms with E-state index in [0.29, 0.717) is 5.92 Å². The molecule has 0 radical (unpaired) electrons. The number of hydrogen-bond donors (Lipinski definition) is 0. The zero-order chi connectivity index (χ0) is 10.8. The summed E-state index contributed by atoms with van der Waals surface area (Å²) >= 11 is 0. The van der Waals surface area contributed by atoms with Gasteiger partial charge in [-0.3, -0.25) is 0 Å². The number of benzene rings is 1. The minimum Gasteiger partial charge on any atom is -0.241 e. The van der Waals surface area contributed by atoms with Gasteiger partial charge >= 0.3 is 0 Å². The number of nitrogens with zero attached hydrogens (tertiary/aromatic N) is 2. The van der Waals surface area contributed by atoms with Gasteiger partial charge in [-0.15, -0.1) is 0 Å². The second-order valence-corrected chi connectivity index (χ2v) is 4.32. The second-order valence-electron chi connectivity index (χ2n) is 4.32. The molecule has 1 aromatic carbocycles. The predicted octanol–water partition coefficient (Wildman–Crippen LogP) is 2.75. The summed E-state index contributed by atoms with van der Waals surface area (Å²) in [6.45, 7) is 0. The van der Waals surface area contributed by atoms with Crippen molar-refractivity contribution < 1.29 is 0 Å². The molecule has 2 nitrogen and oxygen atoms in total. The topological polar surface area (TPSA) is 25.8 Å². The van der Waals surface area contributed by atoms with Crippen molar-refractivity contribution in [2.75, 3.05) is 0 Å². The van der Waals surface area contributed by atoms with E-state index in [2.05, 4.69) is 34.2 Å². The summed E-state index contributed by atoms with van der Waals surface area (Å²) in [6, 6.07) is 10.6. The van der Waals surface area contributed by atoms with Crippen molar-refractivity contribution in [2.24, 2.45) is 0 Å². The smallest absolute Gasteiger partial charge is 0.131 e. The Bertz CT molecular complexity index is 479. The van der Waals surface area contributed by atoms with Gasteiger partial charge in [0.1, 0.15) is 5.82 Å². The Morgan fingerprint density at radius 1 is 0.938 bits per heavy atom. The largest absolute Gasteiger partial charge is 0.241 e. The number of fused-ring (bicyclic) bond motifs is 1. The van der Waals surface area contributed by atoms with E-state index in [1.165, 1.54) is 17.5 Å². The van der Waals surface area contributed by atoms with Crippen LogP contribution < -0.4 is 0 Å². The van der Waals surface area contributed by atoms with Gasteiger partial charge in [-0.2, -0.15) is 0 Å². The molecule has 1 atom stereocenters. The molecular formula is C14H14N2. The molecule has 2 aromatic rings. The van der Waals surface area contributed by atoms with Crippen LogP contribution in [0.2, 0.25) is 0 Å². The highest BCUT2D eigenvalue weighted by molar-refractivity contribution is 5.31. The van der Waals surface area contributed by atoms with Crippen molar-refractivity contribution in [3.8, 4) is 0 Å². The van der Waals surface area contributed by atoms with Crippen molar-refractivity contribution in [1.82, 2.24) is 9.97 Å². The molecule has 1 heterocycles. The third kappa shape index (κ3) is 1.71. The first-order valence-electron chi connectivity index (χ1n) is 5.77. The van der Waals surface area contributed by atoms with E-state index in [9.17, 15) is 0 Å². The van der Waals surface area contributed by atoms with E-state index in [-0.39, 0.29) is 0 Å². The highest BCUT2D eigenvalue weighted by Crippen LogP contribution is 2.30. The lowest BCUT2D eigenvalue weighted by Crippen LogP contribution is -2.14. The SMILES string of the molecule is c1cnc(C2CCc3ccccc3C2)nc1. The van der Waals surface area contributed by atoms with Crippen molar-refractivity contribution in [2.45, 2.75) is 25.2 Å². The maximum absolute atomic E-state index is 4.36. The molecule has 0 bridgehead atoms. The van der Waals surface area contributed by atoms with Gasteiger partial charge in [0, 0.05) is 18.3 Å². The molecule has 0 N–H and O–H groups in total. The molecule has 0 saturated heterocycles. The van der Waals surface area contributed by atoms with Crippen LogP contribution in [-0.2, 0) is 12.8 Å². The molecule has 1 aromatic heterocycles. The first-order chi connectivity index (χ1) is 7.93. The summed E-state index contributed by atoms with van der Waals surface area (Å²) in [6.07, 6.45) is 7.08. The standard InChI is InChI=1S/C14H14N2/c1-2-5-12-10-13(7-6-11(12)4-1)14-15-8-3-9-16-14/h1-5,8-9,13H,6-7,10H2. The summed E-state index contributed by atoms with van der Waals surface area (Å²) in [5.41, 5.74) is 2.96. The van der Waals surface area contributed by atoms with Gasteiger partial charge in [0.05, 0.1) is 0 Å². The van der Waals surface area contributed by atoms with E-state index >= 15 is 0 Å². The minimum absolute atomic E-state index is 0.496. The van der Waals surface area contributed by atoms with Crippen molar-refractivity contribution in [1.29, 1.82) is 0 Å². The predicted molar refractivity (Wildman–Crippen MR) is 63.2 cm³/mol. The first kappa shape index (κ1) is 9.52. The van der Waals surface area contributed by atoms with Crippen LogP contribution >= 0.6 is 0 Å². The van der Waals surface area contributed by atoms with Gasteiger partial charge in [-0.05, 0) is 36.5 Å². The molecule has 80 valence electrons. The maximum Gasteiger partial charge on any atom is 0.131 e. The number of rotatable bonds is 1. The Morgan fingerprint density at radius 2 is 1.69 bits per heavy atom. The maximum atomic E-state index is 4.36. The molecule has 1 aliphatic carbocycles. The molecule has 2 heteroatoms. The summed E-state index contributed by atoms with van der Waals surface area (Å²) in [7, 11) is 0. The van der Waals surface area contributed by atoms with Gasteiger partial charge in [-0.1, -0.05) is 24.3 Å². The van der Waals surface area contributed by atoms with Gasteiger partial charge < -0.3 is 0 Å². The van der Waals surface area contributed by atoms with Crippen molar-refractivity contribution in [3.63, 3.8) is 0 Å². The first-order valence-corrected chi connectivity index (χ1v) is 5.77. The second kappa shape index (κ2) is 4.05. The van der Waals surface area contributed by atoms with Crippen LogP contribution in [0.15, 0.2) is 42.7 Å². The molecule has 1 unspecified atom stereocenters. The van der Waals surface area contributed by atoms with Crippen LogP contribution in [0.4, 0.5) is 0 Å². The summed E-state index contributed by atoms with van der Waals surface area (Å²) in [5, 5.41) is 0. The molecule has 3 rings (SSSR count). The molecule has 16 heavy (non-hydrogen) atoms. The van der Waals surface area contributed by atoms with E-state index in [4.69, 9.17) is 0 Å². The normalized spacial score (nSPS) is 19.1. The van der Waals surface area contributed by atoms with Gasteiger partial charge in [0.25, 0.3) is 0 Å². The quantitative estimate of drug-likeness (QED) is 0.723. The Balaban J connectivity index is 1.89. The third-order valence-corrected chi connectivity index (χ3v) is 3.30. The molecular weight excluding hydrogens is 196 g/mol. The van der Waals surface area contributed by atoms with E-state index in [1.54, 1.807) is 0 Å². The molecule has 0 saturated carbocycles. The van der Waals surface area contributed by atoms with E-state index in [1.807, 2.05) is 18.5 Å². The van der Waals surface area contributed by atoms with Crippen molar-refractivity contribution >= 4 is 0 Å². The summed E-state index contributed by atoms with van der Waals surface area (Å²) in [4.78, 5) is 8.73. The fourth-order valence-electron chi connectivity index (χ4n) is 2.44. The Labute approximate surface area is 95.4 Å². The van der Waals surface area contributed by atoms with Gasteiger partial charge in [0.2, 0.25) is 0 Å². The molecule has 0 fully saturated rings. The number of hydrogen-bond acceptors (Lipinski definition) is 2. The summed E-state index contributed by atoms with van der Waals surface area (Å²) < 4.78 is 0. The molecule has 1 aliphatic rings. The minimum atomic E-state index is 0.496. The Morgan fingerprint density at radius 3 is 2.50 bits per heavy atom. The zero-order valence-electron chi connectivity index (χ0n) is 9.13. The third-order valence-electron chi connectivity index (χ3n) is 3.30. The molecule has 0 aliphatic heterocycles. The highest BCUT2D eigenvalue weighted by Gasteiger charge is 2.21. The van der Waals surface area contributed by atoms with Crippen LogP contribution in [-0.4, -0.2) is 9.97 Å². The van der Waals surface area contributed by atoms with Crippen LogP contribution in [0.5, 0.6) is 0 Å². The number of aromatic nitrogens is 2. The van der Waals surface area contributed by atoms with Crippen LogP contribution in [0.25, 0.3) is 0 Å². The number of aryl methyl sites for hydroxylation is 1. The lowest BCUT2D eigenvalue weighted by Gasteiger charge is -2.23. The Kier molecular flexibility index (Phi) is 2.41. The molecule has 0 spiro atoms. The summed E-state index contributed by atoms with van der Waals surface area (Å²) in [5.74, 6) is 1.49. The van der Waals surface area contributed by atoms with E-state index < -0.39 is 0 Å². The average Bonchev–Trinajstić information content (AvgIpc) is 2.39.